The summed E-state index contributed by atoms with van der Waals surface area (Å²) in [5.74, 6) is 0. The third-order valence-corrected chi connectivity index (χ3v) is 0. The Balaban J connectivity index is 0. The molecular weight excluding hydrogens is 585 g/mol. The van der Waals surface area contributed by atoms with Crippen LogP contribution >= 0.6 is 56.0 Å². The van der Waals surface area contributed by atoms with Crippen LogP contribution in [0.1, 0.15) is 0 Å². The molecule has 0 aliphatic rings. The molecule has 0 fully saturated rings. The van der Waals surface area contributed by atoms with Crippen LogP contribution in [-0.2, 0) is 15.1 Å². The van der Waals surface area contributed by atoms with Crippen LogP contribution < -0.4 is 0 Å². The first-order valence-electron chi connectivity index (χ1n) is 1.04. The summed E-state index contributed by atoms with van der Waals surface area (Å²) >= 11 is 7.84. The third-order valence-electron chi connectivity index (χ3n) is 0. The first-order chi connectivity index (χ1) is 3.15. The van der Waals surface area contributed by atoms with Crippen molar-refractivity contribution in [2.75, 3.05) is 0 Å². The van der Waals surface area contributed by atoms with Crippen LogP contribution in [0, 0.1) is 0 Å². The van der Waals surface area contributed by atoms with Crippen LogP contribution in [0.25, 0.3) is 0 Å². The first kappa shape index (κ1) is 13.1. The minimum atomic E-state index is -1.16. The fourth-order valence-corrected chi connectivity index (χ4v) is 0. The monoisotopic (exact) mass is 580 g/mol. The molecule has 0 N–H and O–H groups in total. The molecule has 7 heavy (non-hydrogen) atoms. The zero-order chi connectivity index (χ0) is 6.28. The second-order valence-corrected chi connectivity index (χ2v) is 50.1. The fourth-order valence-electron chi connectivity index (χ4n) is 0. The molecule has 0 unspecified atom stereocenters. The van der Waals surface area contributed by atoms with Gasteiger partial charge in [-0.3, -0.25) is 0 Å². The van der Waals surface area contributed by atoms with Gasteiger partial charge in [0.05, 0.1) is 0 Å². The van der Waals surface area contributed by atoms with Crippen LogP contribution in [0.3, 0.4) is 0 Å². The van der Waals surface area contributed by atoms with E-state index < -0.39 is 29.8 Å². The topological polar surface area (TPSA) is 0 Å². The summed E-state index contributed by atoms with van der Waals surface area (Å²) in [6.45, 7) is 0. The summed E-state index contributed by atoms with van der Waals surface area (Å²) in [6.07, 6.45) is 0. The SMILES string of the molecule is [Br][Bi]([Br])[Br].[Cl][Zn][Cl]. The van der Waals surface area contributed by atoms with E-state index in [1.807, 2.05) is 0 Å². The van der Waals surface area contributed by atoms with E-state index in [0.29, 0.717) is 0 Å². The average Bonchev–Trinajstić information content (AvgIpc) is 1.33. The predicted molar refractivity (Wildman–Crippen MR) is 44.2 cm³/mol. The fraction of sp³-hybridized carbons (Fsp3) is 0. The van der Waals surface area contributed by atoms with Crippen molar-refractivity contribution in [1.82, 2.24) is 0 Å². The summed E-state index contributed by atoms with van der Waals surface area (Å²) in [4.78, 5) is 0. The predicted octanol–water partition coefficient (Wildman–Crippen LogP) is 3.53. The van der Waals surface area contributed by atoms with Gasteiger partial charge in [-0.1, -0.05) is 0 Å². The Morgan fingerprint density at radius 1 is 1.14 bits per heavy atom. The van der Waals surface area contributed by atoms with Gasteiger partial charge in [0.15, 0.2) is 0 Å². The molecule has 0 bridgehead atoms. The van der Waals surface area contributed by atoms with Gasteiger partial charge in [-0.25, -0.2) is 0 Å². The number of hydrogen-bond acceptors (Lipinski definition) is 0. The zero-order valence-corrected chi connectivity index (χ0v) is 15.8. The number of hydrogen-bond donors (Lipinski definition) is 0. The second-order valence-electron chi connectivity index (χ2n) is 0.293. The molecule has 0 nitrogen and oxygen atoms in total. The van der Waals surface area contributed by atoms with Crippen molar-refractivity contribution < 1.29 is 15.1 Å². The van der Waals surface area contributed by atoms with E-state index in [9.17, 15) is 0 Å². The summed E-state index contributed by atoms with van der Waals surface area (Å²) < 4.78 is 0. The van der Waals surface area contributed by atoms with Gasteiger partial charge in [0, 0.05) is 0 Å². The van der Waals surface area contributed by atoms with Crippen molar-refractivity contribution in [3.8, 4) is 0 Å². The maximum absolute atomic E-state index is 4.95. The normalized spacial score (nSPS) is 6.57. The van der Waals surface area contributed by atoms with E-state index in [4.69, 9.17) is 19.4 Å². The van der Waals surface area contributed by atoms with Crippen molar-refractivity contribution in [1.29, 1.82) is 0 Å². The molecule has 0 aromatic rings. The average molecular weight is 585 g/mol. The molecule has 42 valence electrons. The third kappa shape index (κ3) is 43.4. The van der Waals surface area contributed by atoms with Gasteiger partial charge >= 0.3 is 85.9 Å². The van der Waals surface area contributed by atoms with Crippen LogP contribution in [-0.4, -0.2) is 14.7 Å². The van der Waals surface area contributed by atoms with Gasteiger partial charge < -0.3 is 0 Å². The Kier molecular flexibility index (Phi) is 23.0. The van der Waals surface area contributed by atoms with E-state index in [1.165, 1.54) is 0 Å². The molecule has 0 heterocycles. The molecule has 0 aromatic heterocycles. The summed E-state index contributed by atoms with van der Waals surface area (Å²) in [5, 5.41) is 0. The Bertz CT molecular complexity index is 24.1. The Hall–Kier alpha value is 3.53. The van der Waals surface area contributed by atoms with Crippen molar-refractivity contribution in [3.63, 3.8) is 0 Å². The summed E-state index contributed by atoms with van der Waals surface area (Å²) in [6, 6.07) is 0. The molecule has 0 aliphatic carbocycles. The molecule has 0 amide bonds. The Morgan fingerprint density at radius 2 is 1.14 bits per heavy atom. The van der Waals surface area contributed by atoms with E-state index in [-0.39, 0.29) is 0 Å². The molecule has 7 heteroatoms. The summed E-state index contributed by atoms with van der Waals surface area (Å²) in [5.41, 5.74) is 0. The maximum atomic E-state index is 4.95. The van der Waals surface area contributed by atoms with E-state index in [1.54, 1.807) is 0 Å². The number of halogens is 5. The molecule has 0 saturated carbocycles. The van der Waals surface area contributed by atoms with Crippen LogP contribution in [0.2, 0.25) is 0 Å². The quantitative estimate of drug-likeness (QED) is 0.382. The standard InChI is InChI=1S/Bi.3BrH.2ClH.Zn/h;5*1H;/q+3;;;;;;+2/p-5. The van der Waals surface area contributed by atoms with Gasteiger partial charge in [0.1, 0.15) is 0 Å². The number of rotatable bonds is 0. The second kappa shape index (κ2) is 12.2. The first-order valence-corrected chi connectivity index (χ1v) is 31.5. The Labute approximate surface area is 83.8 Å². The molecule has 0 radical (unpaired) electrons. The van der Waals surface area contributed by atoms with Crippen LogP contribution in [0.5, 0.6) is 0 Å². The summed E-state index contributed by atoms with van der Waals surface area (Å²) in [7, 11) is 9.90. The molecular formula is BiBr3Cl2Zn. The molecule has 0 saturated heterocycles. The van der Waals surface area contributed by atoms with E-state index >= 15 is 0 Å². The van der Waals surface area contributed by atoms with E-state index in [0.717, 1.165) is 0 Å². The van der Waals surface area contributed by atoms with Crippen molar-refractivity contribution in [2.45, 2.75) is 0 Å². The van der Waals surface area contributed by atoms with Crippen molar-refractivity contribution in [3.05, 3.63) is 0 Å². The minimum absolute atomic E-state index is 0.931. The van der Waals surface area contributed by atoms with Gasteiger partial charge in [0.25, 0.3) is 0 Å². The van der Waals surface area contributed by atoms with Crippen molar-refractivity contribution in [2.24, 2.45) is 0 Å². The molecule has 0 spiro atoms. The van der Waals surface area contributed by atoms with Crippen LogP contribution in [0.15, 0.2) is 0 Å². The molecule has 0 rings (SSSR count). The van der Waals surface area contributed by atoms with Crippen LogP contribution in [0.4, 0.5) is 0 Å². The molecule has 0 aromatic carbocycles. The Morgan fingerprint density at radius 3 is 1.14 bits per heavy atom. The zero-order valence-electron chi connectivity index (χ0n) is 3.04. The van der Waals surface area contributed by atoms with Gasteiger partial charge in [-0.05, 0) is 0 Å². The van der Waals surface area contributed by atoms with Gasteiger partial charge in [0.2, 0.25) is 0 Å². The molecule has 0 aliphatic heterocycles. The van der Waals surface area contributed by atoms with Crippen molar-refractivity contribution >= 4 is 70.7 Å². The molecule has 0 atom stereocenters. The van der Waals surface area contributed by atoms with E-state index in [2.05, 4.69) is 36.7 Å². The van der Waals surface area contributed by atoms with Gasteiger partial charge in [-0.15, -0.1) is 0 Å². The van der Waals surface area contributed by atoms with Gasteiger partial charge in [-0.2, -0.15) is 0 Å².